The van der Waals surface area contributed by atoms with Gasteiger partial charge >= 0.3 is 0 Å². The fourth-order valence-corrected chi connectivity index (χ4v) is 2.77. The Balaban J connectivity index is 1.79. The fourth-order valence-electron chi connectivity index (χ4n) is 2.77. The van der Waals surface area contributed by atoms with Crippen LogP contribution in [0.5, 0.6) is 5.75 Å². The molecule has 1 aliphatic rings. The Hall–Kier alpha value is -1.97. The van der Waals surface area contributed by atoms with E-state index in [0.717, 1.165) is 22.8 Å². The van der Waals surface area contributed by atoms with E-state index in [0.29, 0.717) is 6.04 Å². The molecule has 0 aliphatic heterocycles. The smallest absolute Gasteiger partial charge is 0.146 e. The molecule has 20 heavy (non-hydrogen) atoms. The zero-order chi connectivity index (χ0) is 13.8. The number of methoxy groups -OCH3 is 1. The minimum absolute atomic E-state index is 0.477. The van der Waals surface area contributed by atoms with Gasteiger partial charge in [-0.25, -0.2) is 0 Å². The number of H-pyrrole nitrogens is 2. The van der Waals surface area contributed by atoms with Gasteiger partial charge in [0, 0.05) is 18.5 Å². The summed E-state index contributed by atoms with van der Waals surface area (Å²) in [7, 11) is 1.69. The number of aromatic amines is 2. The van der Waals surface area contributed by atoms with Crippen molar-refractivity contribution in [3.05, 3.63) is 30.1 Å². The molecule has 106 valence electrons. The van der Waals surface area contributed by atoms with E-state index in [2.05, 4.69) is 9.97 Å². The van der Waals surface area contributed by atoms with Crippen LogP contribution in [0.3, 0.4) is 0 Å². The van der Waals surface area contributed by atoms with E-state index in [-0.39, 0.29) is 0 Å². The zero-order valence-electron chi connectivity index (χ0n) is 11.9. The molecule has 2 N–H and O–H groups in total. The Morgan fingerprint density at radius 1 is 1.25 bits per heavy atom. The molecule has 0 unspecified atom stereocenters. The maximum atomic E-state index is 5.43. The molecule has 0 radical (unpaired) electrons. The molecule has 4 nitrogen and oxygen atoms in total. The van der Waals surface area contributed by atoms with Crippen LogP contribution >= 0.6 is 0 Å². The number of aromatic nitrogens is 2. The monoisotopic (exact) mass is 271 g/mol. The van der Waals surface area contributed by atoms with Gasteiger partial charge in [-0.15, -0.1) is 0 Å². The molecule has 0 bridgehead atoms. The van der Waals surface area contributed by atoms with Gasteiger partial charge in [0.05, 0.1) is 30.2 Å². The first-order chi connectivity index (χ1) is 9.86. The SMILES string of the molecule is COc1cc(-c2ccc[nH]2)[nH]c1C=NC1CCCCC1. The van der Waals surface area contributed by atoms with Gasteiger partial charge in [0.2, 0.25) is 0 Å². The van der Waals surface area contributed by atoms with Crippen molar-refractivity contribution in [2.45, 2.75) is 38.1 Å². The average molecular weight is 271 g/mol. The predicted molar refractivity (Wildman–Crippen MR) is 81.6 cm³/mol. The van der Waals surface area contributed by atoms with Gasteiger partial charge in [0.25, 0.3) is 0 Å². The molecule has 0 spiro atoms. The second-order valence-electron chi connectivity index (χ2n) is 5.32. The maximum Gasteiger partial charge on any atom is 0.146 e. The van der Waals surface area contributed by atoms with Crippen LogP contribution in [0, 0.1) is 0 Å². The van der Waals surface area contributed by atoms with E-state index < -0.39 is 0 Å². The van der Waals surface area contributed by atoms with Crippen molar-refractivity contribution in [3.63, 3.8) is 0 Å². The van der Waals surface area contributed by atoms with Crippen LogP contribution in [0.2, 0.25) is 0 Å². The lowest BCUT2D eigenvalue weighted by atomic mass is 9.96. The molecule has 0 atom stereocenters. The molecule has 2 heterocycles. The molecule has 4 heteroatoms. The lowest BCUT2D eigenvalue weighted by molar-refractivity contribution is 0.414. The van der Waals surface area contributed by atoms with Gasteiger partial charge in [-0.3, -0.25) is 4.99 Å². The predicted octanol–water partition coefficient (Wildman–Crippen LogP) is 3.77. The Morgan fingerprint density at radius 3 is 2.80 bits per heavy atom. The highest BCUT2D eigenvalue weighted by atomic mass is 16.5. The first-order valence-electron chi connectivity index (χ1n) is 7.31. The largest absolute Gasteiger partial charge is 0.494 e. The van der Waals surface area contributed by atoms with E-state index in [1.54, 1.807) is 7.11 Å². The Bertz CT molecular complexity index is 563. The highest BCUT2D eigenvalue weighted by molar-refractivity contribution is 5.83. The summed E-state index contributed by atoms with van der Waals surface area (Å²) in [5.41, 5.74) is 3.03. The van der Waals surface area contributed by atoms with Gasteiger partial charge in [-0.2, -0.15) is 0 Å². The van der Waals surface area contributed by atoms with Crippen molar-refractivity contribution in [2.75, 3.05) is 7.11 Å². The Kier molecular flexibility index (Phi) is 3.90. The third-order valence-electron chi connectivity index (χ3n) is 3.91. The van der Waals surface area contributed by atoms with Crippen LogP contribution in [0.4, 0.5) is 0 Å². The highest BCUT2D eigenvalue weighted by Gasteiger charge is 2.13. The summed E-state index contributed by atoms with van der Waals surface area (Å²) in [6.07, 6.45) is 10.2. The third kappa shape index (κ3) is 2.79. The minimum Gasteiger partial charge on any atom is -0.494 e. The second kappa shape index (κ2) is 5.99. The maximum absolute atomic E-state index is 5.43. The third-order valence-corrected chi connectivity index (χ3v) is 3.91. The van der Waals surface area contributed by atoms with E-state index >= 15 is 0 Å². The number of hydrogen-bond acceptors (Lipinski definition) is 2. The molecule has 1 fully saturated rings. The van der Waals surface area contributed by atoms with Crippen LogP contribution in [0.15, 0.2) is 29.4 Å². The Morgan fingerprint density at radius 2 is 2.10 bits per heavy atom. The molecule has 2 aromatic rings. The van der Waals surface area contributed by atoms with Crippen molar-refractivity contribution in [2.24, 2.45) is 4.99 Å². The van der Waals surface area contributed by atoms with Crippen molar-refractivity contribution >= 4 is 6.21 Å². The van der Waals surface area contributed by atoms with Crippen LogP contribution in [0.1, 0.15) is 37.8 Å². The van der Waals surface area contributed by atoms with E-state index in [4.69, 9.17) is 9.73 Å². The summed E-state index contributed by atoms with van der Waals surface area (Å²) in [6.45, 7) is 0. The van der Waals surface area contributed by atoms with Crippen LogP contribution in [-0.4, -0.2) is 29.3 Å². The van der Waals surface area contributed by atoms with Gasteiger partial charge in [-0.1, -0.05) is 19.3 Å². The van der Waals surface area contributed by atoms with Crippen LogP contribution in [0.25, 0.3) is 11.4 Å². The molecule has 0 aromatic carbocycles. The lowest BCUT2D eigenvalue weighted by Crippen LogP contribution is -2.09. The van der Waals surface area contributed by atoms with Gasteiger partial charge < -0.3 is 14.7 Å². The van der Waals surface area contributed by atoms with Crippen LogP contribution < -0.4 is 4.74 Å². The van der Waals surface area contributed by atoms with Crippen molar-refractivity contribution in [1.29, 1.82) is 0 Å². The summed E-state index contributed by atoms with van der Waals surface area (Å²) >= 11 is 0. The second-order valence-corrected chi connectivity index (χ2v) is 5.32. The summed E-state index contributed by atoms with van der Waals surface area (Å²) in [4.78, 5) is 11.3. The van der Waals surface area contributed by atoms with Gasteiger partial charge in [-0.05, 0) is 25.0 Å². The zero-order valence-corrected chi connectivity index (χ0v) is 11.9. The normalized spacial score (nSPS) is 16.9. The standard InChI is InChI=1S/C16H21N3O/c1-20-16-10-14(13-8-5-9-17-13)19-15(16)11-18-12-6-3-2-4-7-12/h5,8-12,17,19H,2-4,6-7H2,1H3. The lowest BCUT2D eigenvalue weighted by Gasteiger charge is -2.16. The van der Waals surface area contributed by atoms with Crippen molar-refractivity contribution < 1.29 is 4.74 Å². The minimum atomic E-state index is 0.477. The van der Waals surface area contributed by atoms with Gasteiger partial charge in [0.1, 0.15) is 5.75 Å². The van der Waals surface area contributed by atoms with Crippen molar-refractivity contribution in [3.8, 4) is 17.1 Å². The quantitative estimate of drug-likeness (QED) is 0.817. The van der Waals surface area contributed by atoms with E-state index in [1.165, 1.54) is 32.1 Å². The topological polar surface area (TPSA) is 53.2 Å². The molecular formula is C16H21N3O. The first-order valence-corrected chi connectivity index (χ1v) is 7.31. The summed E-state index contributed by atoms with van der Waals surface area (Å²) in [5, 5.41) is 0. The van der Waals surface area contributed by atoms with Crippen molar-refractivity contribution in [1.82, 2.24) is 9.97 Å². The number of rotatable bonds is 4. The molecule has 3 rings (SSSR count). The van der Waals surface area contributed by atoms with E-state index in [9.17, 15) is 0 Å². The number of aliphatic imine (C=N–C) groups is 1. The van der Waals surface area contributed by atoms with E-state index in [1.807, 2.05) is 30.6 Å². The number of hydrogen-bond donors (Lipinski definition) is 2. The summed E-state index contributed by atoms with van der Waals surface area (Å²) in [6, 6.07) is 6.51. The number of ether oxygens (including phenoxy) is 1. The molecular weight excluding hydrogens is 250 g/mol. The summed E-state index contributed by atoms with van der Waals surface area (Å²) in [5.74, 6) is 0.842. The number of nitrogens with zero attached hydrogens (tertiary/aromatic N) is 1. The first kappa shape index (κ1) is 13.0. The average Bonchev–Trinajstić information content (AvgIpc) is 3.15. The van der Waals surface area contributed by atoms with Crippen LogP contribution in [-0.2, 0) is 0 Å². The molecule has 1 saturated carbocycles. The molecule has 0 amide bonds. The molecule has 1 aliphatic carbocycles. The Labute approximate surface area is 119 Å². The molecule has 2 aromatic heterocycles. The highest BCUT2D eigenvalue weighted by Crippen LogP contribution is 2.26. The van der Waals surface area contributed by atoms with Gasteiger partial charge in [0.15, 0.2) is 0 Å². The number of nitrogens with one attached hydrogen (secondary N) is 2. The molecule has 0 saturated heterocycles. The fraction of sp³-hybridized carbons (Fsp3) is 0.438. The summed E-state index contributed by atoms with van der Waals surface area (Å²) < 4.78 is 5.43.